The van der Waals surface area contributed by atoms with E-state index in [0.29, 0.717) is 16.8 Å². The number of amides is 1. The van der Waals surface area contributed by atoms with Gasteiger partial charge in [-0.2, -0.15) is 0 Å². The highest BCUT2D eigenvalue weighted by molar-refractivity contribution is 7.99. The SMILES string of the molecule is Cc1nc2c(ccc3nc(NC(=O)Cc4ccc(SC(C)C)cc4)sc32)s1. The Morgan fingerprint density at radius 3 is 2.63 bits per heavy atom. The number of aromatic nitrogens is 2. The molecule has 1 amide bonds. The van der Waals surface area contributed by atoms with E-state index in [9.17, 15) is 4.79 Å². The second-order valence-corrected chi connectivity index (χ2v) is 10.4. The number of benzene rings is 2. The molecule has 0 spiro atoms. The first-order valence-electron chi connectivity index (χ1n) is 8.70. The molecule has 0 bridgehead atoms. The van der Waals surface area contributed by atoms with Crippen LogP contribution in [0.1, 0.15) is 24.4 Å². The lowest BCUT2D eigenvalue weighted by Gasteiger charge is -2.06. The topological polar surface area (TPSA) is 54.9 Å². The Balaban J connectivity index is 1.48. The van der Waals surface area contributed by atoms with Gasteiger partial charge in [0.15, 0.2) is 5.13 Å². The van der Waals surface area contributed by atoms with Gasteiger partial charge in [-0.1, -0.05) is 37.3 Å². The monoisotopic (exact) mass is 413 g/mol. The van der Waals surface area contributed by atoms with Crippen molar-refractivity contribution in [1.82, 2.24) is 9.97 Å². The molecule has 2 heterocycles. The summed E-state index contributed by atoms with van der Waals surface area (Å²) in [4.78, 5) is 22.8. The summed E-state index contributed by atoms with van der Waals surface area (Å²) < 4.78 is 2.18. The molecule has 138 valence electrons. The first-order valence-corrected chi connectivity index (χ1v) is 11.2. The molecule has 7 heteroatoms. The minimum atomic E-state index is -0.0518. The maximum absolute atomic E-state index is 12.4. The average molecular weight is 414 g/mol. The second kappa shape index (κ2) is 7.58. The zero-order chi connectivity index (χ0) is 19.0. The summed E-state index contributed by atoms with van der Waals surface area (Å²) in [6.07, 6.45) is 0.341. The van der Waals surface area contributed by atoms with Crippen LogP contribution in [0.4, 0.5) is 5.13 Å². The fraction of sp³-hybridized carbons (Fsp3) is 0.250. The van der Waals surface area contributed by atoms with E-state index in [-0.39, 0.29) is 5.91 Å². The molecule has 27 heavy (non-hydrogen) atoms. The van der Waals surface area contributed by atoms with Crippen LogP contribution < -0.4 is 5.32 Å². The molecule has 0 aliphatic rings. The number of nitrogens with one attached hydrogen (secondary N) is 1. The number of hydrogen-bond donors (Lipinski definition) is 1. The van der Waals surface area contributed by atoms with Gasteiger partial charge in [0, 0.05) is 10.1 Å². The quantitative estimate of drug-likeness (QED) is 0.414. The van der Waals surface area contributed by atoms with Crippen molar-refractivity contribution in [2.75, 3.05) is 5.32 Å². The highest BCUT2D eigenvalue weighted by Gasteiger charge is 2.13. The van der Waals surface area contributed by atoms with Crippen molar-refractivity contribution in [3.05, 3.63) is 47.0 Å². The van der Waals surface area contributed by atoms with Gasteiger partial charge in [0.05, 0.1) is 26.3 Å². The van der Waals surface area contributed by atoms with Gasteiger partial charge >= 0.3 is 0 Å². The molecular weight excluding hydrogens is 394 g/mol. The van der Waals surface area contributed by atoms with Crippen LogP contribution in [-0.2, 0) is 11.2 Å². The number of carbonyl (C=O) groups excluding carboxylic acids is 1. The van der Waals surface area contributed by atoms with Crippen molar-refractivity contribution in [2.24, 2.45) is 0 Å². The summed E-state index contributed by atoms with van der Waals surface area (Å²) in [7, 11) is 0. The smallest absolute Gasteiger partial charge is 0.230 e. The first-order chi connectivity index (χ1) is 13.0. The molecule has 2 aromatic heterocycles. The third-order valence-corrected chi connectivity index (χ3v) is 6.87. The number of nitrogens with zero attached hydrogens (tertiary/aromatic N) is 2. The zero-order valence-corrected chi connectivity index (χ0v) is 17.7. The Morgan fingerprint density at radius 2 is 1.89 bits per heavy atom. The molecule has 0 saturated heterocycles. The predicted molar refractivity (Wildman–Crippen MR) is 117 cm³/mol. The van der Waals surface area contributed by atoms with Crippen LogP contribution in [0.15, 0.2) is 41.3 Å². The summed E-state index contributed by atoms with van der Waals surface area (Å²) in [5.41, 5.74) is 2.86. The first kappa shape index (κ1) is 18.4. The van der Waals surface area contributed by atoms with Gasteiger partial charge in [-0.3, -0.25) is 4.79 Å². The second-order valence-electron chi connectivity index (χ2n) is 6.55. The van der Waals surface area contributed by atoms with E-state index in [4.69, 9.17) is 0 Å². The molecule has 0 aliphatic heterocycles. The molecule has 4 nitrogen and oxygen atoms in total. The molecule has 0 unspecified atom stereocenters. The van der Waals surface area contributed by atoms with Gasteiger partial charge in [0.1, 0.15) is 5.52 Å². The van der Waals surface area contributed by atoms with Crippen LogP contribution in [0.3, 0.4) is 0 Å². The molecule has 0 aliphatic carbocycles. The van der Waals surface area contributed by atoms with Gasteiger partial charge in [-0.15, -0.1) is 23.1 Å². The summed E-state index contributed by atoms with van der Waals surface area (Å²) in [5, 5.41) is 5.15. The molecule has 0 fully saturated rings. The van der Waals surface area contributed by atoms with Gasteiger partial charge in [0.25, 0.3) is 0 Å². The number of hydrogen-bond acceptors (Lipinski definition) is 6. The van der Waals surface area contributed by atoms with Crippen LogP contribution >= 0.6 is 34.4 Å². The Hall–Kier alpha value is -1.96. The standard InChI is InChI=1S/C20H19N3OS3/c1-11(2)25-14-6-4-13(5-7-14)10-17(24)23-20-22-15-8-9-16-18(19(15)27-20)21-12(3)26-16/h4-9,11H,10H2,1-3H3,(H,22,23,24). The third kappa shape index (κ3) is 4.15. The van der Waals surface area contributed by atoms with Gasteiger partial charge in [0.2, 0.25) is 5.91 Å². The van der Waals surface area contributed by atoms with E-state index in [1.54, 1.807) is 11.3 Å². The molecular formula is C20H19N3OS3. The summed E-state index contributed by atoms with van der Waals surface area (Å²) in [6, 6.07) is 12.2. The number of thiazole rings is 2. The molecule has 0 saturated carbocycles. The van der Waals surface area contributed by atoms with E-state index in [2.05, 4.69) is 41.3 Å². The fourth-order valence-electron chi connectivity index (χ4n) is 2.85. The highest BCUT2D eigenvalue weighted by atomic mass is 32.2. The third-order valence-electron chi connectivity index (χ3n) is 3.93. The number of rotatable bonds is 5. The van der Waals surface area contributed by atoms with E-state index in [0.717, 1.165) is 31.0 Å². The molecule has 0 atom stereocenters. The number of carbonyl (C=O) groups is 1. The fourth-order valence-corrected chi connectivity index (χ4v) is 5.56. The maximum atomic E-state index is 12.4. The predicted octanol–water partition coefficient (Wildman–Crippen LogP) is 5.90. The largest absolute Gasteiger partial charge is 0.302 e. The number of thioether (sulfide) groups is 1. The summed E-state index contributed by atoms with van der Waals surface area (Å²) in [6.45, 7) is 6.35. The average Bonchev–Trinajstić information content (AvgIpc) is 3.17. The Kier molecular flexibility index (Phi) is 5.16. The van der Waals surface area contributed by atoms with Crippen LogP contribution in [0.5, 0.6) is 0 Å². The van der Waals surface area contributed by atoms with Crippen molar-refractivity contribution >= 4 is 65.9 Å². The van der Waals surface area contributed by atoms with Crippen LogP contribution in [0.25, 0.3) is 20.4 Å². The minimum absolute atomic E-state index is 0.0518. The van der Waals surface area contributed by atoms with Crippen molar-refractivity contribution in [3.8, 4) is 0 Å². The molecule has 2 aromatic carbocycles. The molecule has 4 rings (SSSR count). The molecule has 4 aromatic rings. The normalized spacial score (nSPS) is 11.6. The van der Waals surface area contributed by atoms with Crippen molar-refractivity contribution in [2.45, 2.75) is 37.3 Å². The number of fused-ring (bicyclic) bond motifs is 3. The summed E-state index contributed by atoms with van der Waals surface area (Å²) in [5.74, 6) is -0.0518. The summed E-state index contributed by atoms with van der Waals surface area (Å²) >= 11 is 4.98. The lowest BCUT2D eigenvalue weighted by Crippen LogP contribution is -2.14. The molecule has 1 N–H and O–H groups in total. The van der Waals surface area contributed by atoms with Crippen LogP contribution in [-0.4, -0.2) is 21.1 Å². The molecule has 0 radical (unpaired) electrons. The van der Waals surface area contributed by atoms with Crippen LogP contribution in [0.2, 0.25) is 0 Å². The Labute approximate surface area is 170 Å². The van der Waals surface area contributed by atoms with Gasteiger partial charge in [-0.05, 0) is 36.8 Å². The lowest BCUT2D eigenvalue weighted by atomic mass is 10.1. The Bertz CT molecular complexity index is 1110. The number of aryl methyl sites for hydroxylation is 1. The van der Waals surface area contributed by atoms with Crippen LogP contribution in [0, 0.1) is 6.92 Å². The van der Waals surface area contributed by atoms with E-state index >= 15 is 0 Å². The maximum Gasteiger partial charge on any atom is 0.230 e. The van der Waals surface area contributed by atoms with Crippen molar-refractivity contribution < 1.29 is 4.79 Å². The number of anilines is 1. The van der Waals surface area contributed by atoms with Gasteiger partial charge < -0.3 is 5.32 Å². The van der Waals surface area contributed by atoms with Crippen molar-refractivity contribution in [1.29, 1.82) is 0 Å². The lowest BCUT2D eigenvalue weighted by molar-refractivity contribution is -0.115. The van der Waals surface area contributed by atoms with Crippen molar-refractivity contribution in [3.63, 3.8) is 0 Å². The van der Waals surface area contributed by atoms with Gasteiger partial charge in [-0.25, -0.2) is 9.97 Å². The van der Waals surface area contributed by atoms with E-state index in [1.807, 2.05) is 43.0 Å². The minimum Gasteiger partial charge on any atom is -0.302 e. The zero-order valence-electron chi connectivity index (χ0n) is 15.3. The van der Waals surface area contributed by atoms with E-state index in [1.165, 1.54) is 16.2 Å². The highest BCUT2D eigenvalue weighted by Crippen LogP contribution is 2.34. The van der Waals surface area contributed by atoms with E-state index < -0.39 is 0 Å². The Morgan fingerprint density at radius 1 is 1.11 bits per heavy atom.